The van der Waals surface area contributed by atoms with E-state index in [4.69, 9.17) is 4.74 Å². The van der Waals surface area contributed by atoms with Crippen LogP contribution in [0.15, 0.2) is 35.4 Å². The zero-order chi connectivity index (χ0) is 20.8. The summed E-state index contributed by atoms with van der Waals surface area (Å²) >= 11 is 1.49. The minimum atomic E-state index is -0.0169. The first-order chi connectivity index (χ1) is 14.0. The van der Waals surface area contributed by atoms with Crippen LogP contribution in [-0.2, 0) is 16.1 Å². The van der Waals surface area contributed by atoms with Gasteiger partial charge in [-0.1, -0.05) is 23.9 Å². The van der Waals surface area contributed by atoms with Crippen LogP contribution < -0.4 is 15.0 Å². The summed E-state index contributed by atoms with van der Waals surface area (Å²) in [5.41, 5.74) is 3.92. The predicted molar refractivity (Wildman–Crippen MR) is 115 cm³/mol. The SMILES string of the molecule is CCOc1ccc(CNC(=O)CCCN2C(=O)CSc3nc(C)cc(C)c32)cc1. The second kappa shape index (κ2) is 9.78. The molecule has 29 heavy (non-hydrogen) atoms. The maximum Gasteiger partial charge on any atom is 0.237 e. The highest BCUT2D eigenvalue weighted by atomic mass is 32.2. The quantitative estimate of drug-likeness (QED) is 0.716. The second-order valence-corrected chi connectivity index (χ2v) is 7.99. The molecule has 0 spiro atoms. The lowest BCUT2D eigenvalue weighted by atomic mass is 10.1. The Bertz CT molecular complexity index is 884. The van der Waals surface area contributed by atoms with Crippen molar-refractivity contribution < 1.29 is 14.3 Å². The number of thioether (sulfide) groups is 1. The second-order valence-electron chi connectivity index (χ2n) is 7.03. The molecule has 1 aromatic carbocycles. The van der Waals surface area contributed by atoms with Gasteiger partial charge in [-0.3, -0.25) is 9.59 Å². The number of hydrogen-bond donors (Lipinski definition) is 1. The largest absolute Gasteiger partial charge is 0.494 e. The molecular weight excluding hydrogens is 386 g/mol. The van der Waals surface area contributed by atoms with E-state index in [0.29, 0.717) is 38.3 Å². The van der Waals surface area contributed by atoms with E-state index in [2.05, 4.69) is 10.3 Å². The molecule has 0 aliphatic carbocycles. The summed E-state index contributed by atoms with van der Waals surface area (Å²) in [6.07, 6.45) is 0.986. The van der Waals surface area contributed by atoms with E-state index >= 15 is 0 Å². The first-order valence-electron chi connectivity index (χ1n) is 9.87. The van der Waals surface area contributed by atoms with Crippen molar-refractivity contribution in [2.75, 3.05) is 23.8 Å². The summed E-state index contributed by atoms with van der Waals surface area (Å²) in [5.74, 6) is 1.28. The lowest BCUT2D eigenvalue weighted by molar-refractivity contribution is -0.121. The van der Waals surface area contributed by atoms with Crippen molar-refractivity contribution in [3.05, 3.63) is 47.2 Å². The number of amides is 2. The molecule has 2 amide bonds. The van der Waals surface area contributed by atoms with Gasteiger partial charge in [0, 0.05) is 25.2 Å². The van der Waals surface area contributed by atoms with Gasteiger partial charge < -0.3 is 15.0 Å². The van der Waals surface area contributed by atoms with Crippen LogP contribution in [0.25, 0.3) is 0 Å². The molecular formula is C22H27N3O3S. The molecule has 0 bridgehead atoms. The maximum absolute atomic E-state index is 12.4. The number of benzene rings is 1. The van der Waals surface area contributed by atoms with E-state index < -0.39 is 0 Å². The third-order valence-electron chi connectivity index (χ3n) is 4.69. The lowest BCUT2D eigenvalue weighted by Crippen LogP contribution is -2.37. The molecule has 1 N–H and O–H groups in total. The summed E-state index contributed by atoms with van der Waals surface area (Å²) in [5, 5.41) is 3.84. The molecule has 0 saturated heterocycles. The molecule has 0 fully saturated rings. The van der Waals surface area contributed by atoms with Crippen molar-refractivity contribution in [1.82, 2.24) is 10.3 Å². The zero-order valence-electron chi connectivity index (χ0n) is 17.2. The van der Waals surface area contributed by atoms with Gasteiger partial charge in [0.15, 0.2) is 0 Å². The number of ether oxygens (including phenoxy) is 1. The van der Waals surface area contributed by atoms with E-state index in [1.54, 1.807) is 4.90 Å². The summed E-state index contributed by atoms with van der Waals surface area (Å²) in [6, 6.07) is 9.70. The molecule has 1 aromatic heterocycles. The third-order valence-corrected chi connectivity index (χ3v) is 5.64. The van der Waals surface area contributed by atoms with Crippen LogP contribution in [0.3, 0.4) is 0 Å². The van der Waals surface area contributed by atoms with E-state index in [-0.39, 0.29) is 11.8 Å². The standard InChI is InChI=1S/C22H27N3O3S/c1-4-28-18-9-7-17(8-10-18)13-23-19(26)6-5-11-25-20(27)14-29-22-21(25)15(2)12-16(3)24-22/h7-10,12H,4-6,11,13-14H2,1-3H3,(H,23,26). The molecule has 0 saturated carbocycles. The zero-order valence-corrected chi connectivity index (χ0v) is 18.0. The maximum atomic E-state index is 12.4. The summed E-state index contributed by atoms with van der Waals surface area (Å²) < 4.78 is 5.42. The van der Waals surface area contributed by atoms with Crippen molar-refractivity contribution in [1.29, 1.82) is 0 Å². The van der Waals surface area contributed by atoms with E-state index in [9.17, 15) is 9.59 Å². The molecule has 6 nitrogen and oxygen atoms in total. The number of carbonyl (C=O) groups excluding carboxylic acids is 2. The van der Waals surface area contributed by atoms with Crippen LogP contribution in [0.1, 0.15) is 36.6 Å². The fourth-order valence-electron chi connectivity index (χ4n) is 3.35. The molecule has 0 unspecified atom stereocenters. The highest BCUT2D eigenvalue weighted by Gasteiger charge is 2.27. The number of nitrogens with one attached hydrogen (secondary N) is 1. The Hall–Kier alpha value is -2.54. The van der Waals surface area contributed by atoms with Crippen LogP contribution >= 0.6 is 11.8 Å². The first-order valence-corrected chi connectivity index (χ1v) is 10.9. The summed E-state index contributed by atoms with van der Waals surface area (Å²) in [6.45, 7) is 7.55. The average Bonchev–Trinajstić information content (AvgIpc) is 2.69. The number of rotatable bonds is 8. The number of nitrogens with zero attached hydrogens (tertiary/aromatic N) is 2. The average molecular weight is 414 g/mol. The molecule has 0 radical (unpaired) electrons. The van der Waals surface area contributed by atoms with Crippen molar-refractivity contribution in [2.45, 2.75) is 45.2 Å². The van der Waals surface area contributed by atoms with Crippen LogP contribution in [0.4, 0.5) is 5.69 Å². The molecule has 2 aromatic rings. The monoisotopic (exact) mass is 413 g/mol. The van der Waals surface area contributed by atoms with Gasteiger partial charge in [0.1, 0.15) is 10.8 Å². The number of pyridine rings is 1. The van der Waals surface area contributed by atoms with Gasteiger partial charge in [-0.15, -0.1) is 0 Å². The Morgan fingerprint density at radius 3 is 2.76 bits per heavy atom. The normalized spacial score (nSPS) is 13.2. The lowest BCUT2D eigenvalue weighted by Gasteiger charge is -2.30. The predicted octanol–water partition coefficient (Wildman–Crippen LogP) is 3.63. The van der Waals surface area contributed by atoms with Crippen LogP contribution in [0.5, 0.6) is 5.75 Å². The van der Waals surface area contributed by atoms with Crippen molar-refractivity contribution >= 4 is 29.3 Å². The summed E-state index contributed by atoms with van der Waals surface area (Å²) in [4.78, 5) is 31.0. The highest BCUT2D eigenvalue weighted by Crippen LogP contribution is 2.36. The molecule has 7 heteroatoms. The number of carbonyl (C=O) groups is 2. The summed E-state index contributed by atoms with van der Waals surface area (Å²) in [7, 11) is 0. The molecule has 1 aliphatic heterocycles. The van der Waals surface area contributed by atoms with Gasteiger partial charge >= 0.3 is 0 Å². The number of hydrogen-bond acceptors (Lipinski definition) is 5. The fraction of sp³-hybridized carbons (Fsp3) is 0.409. The first kappa shape index (κ1) is 21.2. The number of anilines is 1. The number of aryl methyl sites for hydroxylation is 2. The van der Waals surface area contributed by atoms with Gasteiger partial charge in [0.25, 0.3) is 0 Å². The Kier molecular flexibility index (Phi) is 7.14. The van der Waals surface area contributed by atoms with Gasteiger partial charge in [-0.05, 0) is 56.5 Å². The van der Waals surface area contributed by atoms with Gasteiger partial charge in [0.2, 0.25) is 11.8 Å². The van der Waals surface area contributed by atoms with E-state index in [0.717, 1.165) is 33.3 Å². The third kappa shape index (κ3) is 5.50. The van der Waals surface area contributed by atoms with Gasteiger partial charge in [0.05, 0.1) is 18.0 Å². The van der Waals surface area contributed by atoms with Crippen molar-refractivity contribution in [2.24, 2.45) is 0 Å². The molecule has 1 aliphatic rings. The van der Waals surface area contributed by atoms with Crippen LogP contribution in [-0.4, -0.2) is 35.7 Å². The Morgan fingerprint density at radius 2 is 2.03 bits per heavy atom. The molecule has 3 rings (SSSR count). The van der Waals surface area contributed by atoms with Crippen molar-refractivity contribution in [3.63, 3.8) is 0 Å². The molecule has 2 heterocycles. The van der Waals surface area contributed by atoms with E-state index in [1.807, 2.05) is 51.1 Å². The minimum absolute atomic E-state index is 0.0169. The molecule has 154 valence electrons. The van der Waals surface area contributed by atoms with Crippen LogP contribution in [0.2, 0.25) is 0 Å². The smallest absolute Gasteiger partial charge is 0.237 e. The fourth-order valence-corrected chi connectivity index (χ4v) is 4.38. The Morgan fingerprint density at radius 1 is 1.28 bits per heavy atom. The molecule has 0 atom stereocenters. The minimum Gasteiger partial charge on any atom is -0.494 e. The topological polar surface area (TPSA) is 71.5 Å². The Balaban J connectivity index is 1.50. The van der Waals surface area contributed by atoms with Crippen molar-refractivity contribution in [3.8, 4) is 5.75 Å². The van der Waals surface area contributed by atoms with E-state index in [1.165, 1.54) is 11.8 Å². The van der Waals surface area contributed by atoms with Gasteiger partial charge in [-0.2, -0.15) is 0 Å². The number of aromatic nitrogens is 1. The Labute approximate surface area is 176 Å². The number of fused-ring (bicyclic) bond motifs is 1. The van der Waals surface area contributed by atoms with Gasteiger partial charge in [-0.25, -0.2) is 4.98 Å². The highest BCUT2D eigenvalue weighted by molar-refractivity contribution is 8.00. The van der Waals surface area contributed by atoms with Crippen LogP contribution in [0, 0.1) is 13.8 Å².